The molecule has 0 aliphatic rings. The third-order valence-corrected chi connectivity index (χ3v) is 5.28. The molecule has 30 heavy (non-hydrogen) atoms. The van der Waals surface area contributed by atoms with Gasteiger partial charge in [-0.25, -0.2) is 0 Å². The monoisotopic (exact) mass is 431 g/mol. The highest BCUT2D eigenvalue weighted by atomic mass is 32.1. The minimum absolute atomic E-state index is 0.142. The third kappa shape index (κ3) is 4.15. The SMILES string of the molecule is COC(=O)Cn1c(=NC(=O)c2ccc(OC)c(OC)c2)sc2ccc([N+](=O)[O-])cc21. The topological polar surface area (TPSA) is 122 Å². The van der Waals surface area contributed by atoms with Gasteiger partial charge in [-0.2, -0.15) is 4.99 Å². The van der Waals surface area contributed by atoms with Crippen LogP contribution in [0.15, 0.2) is 41.4 Å². The lowest BCUT2D eigenvalue weighted by molar-refractivity contribution is -0.384. The van der Waals surface area contributed by atoms with Crippen LogP contribution in [0.4, 0.5) is 5.69 Å². The molecule has 0 unspecified atom stereocenters. The summed E-state index contributed by atoms with van der Waals surface area (Å²) in [5, 5.41) is 11.1. The maximum Gasteiger partial charge on any atom is 0.325 e. The molecule has 0 radical (unpaired) electrons. The normalized spacial score (nSPS) is 11.4. The molecule has 0 saturated carbocycles. The molecule has 0 aliphatic carbocycles. The number of carbonyl (C=O) groups excluding carboxylic acids is 2. The van der Waals surface area contributed by atoms with E-state index >= 15 is 0 Å². The summed E-state index contributed by atoms with van der Waals surface area (Å²) >= 11 is 1.13. The largest absolute Gasteiger partial charge is 0.493 e. The van der Waals surface area contributed by atoms with Crippen LogP contribution in [-0.4, -0.2) is 42.7 Å². The fraction of sp³-hybridized carbons (Fsp3) is 0.211. The second-order valence-corrected chi connectivity index (χ2v) is 6.95. The number of rotatable bonds is 6. The van der Waals surface area contributed by atoms with Crippen LogP contribution in [0.2, 0.25) is 0 Å². The van der Waals surface area contributed by atoms with Gasteiger partial charge >= 0.3 is 5.97 Å². The molecule has 3 rings (SSSR count). The van der Waals surface area contributed by atoms with Crippen molar-refractivity contribution in [2.24, 2.45) is 4.99 Å². The molecule has 156 valence electrons. The average molecular weight is 431 g/mol. The third-order valence-electron chi connectivity index (χ3n) is 4.22. The number of esters is 1. The minimum Gasteiger partial charge on any atom is -0.493 e. The lowest BCUT2D eigenvalue weighted by Crippen LogP contribution is -2.22. The summed E-state index contributed by atoms with van der Waals surface area (Å²) in [6.07, 6.45) is 0. The molecule has 1 amide bonds. The van der Waals surface area contributed by atoms with E-state index in [9.17, 15) is 19.7 Å². The van der Waals surface area contributed by atoms with Crippen molar-refractivity contribution in [3.63, 3.8) is 0 Å². The van der Waals surface area contributed by atoms with Gasteiger partial charge in [-0.3, -0.25) is 19.7 Å². The Morgan fingerprint density at radius 2 is 1.83 bits per heavy atom. The zero-order chi connectivity index (χ0) is 21.8. The Morgan fingerprint density at radius 3 is 2.47 bits per heavy atom. The fourth-order valence-corrected chi connectivity index (χ4v) is 3.73. The van der Waals surface area contributed by atoms with Crippen molar-refractivity contribution in [1.82, 2.24) is 4.57 Å². The van der Waals surface area contributed by atoms with E-state index in [1.54, 1.807) is 12.1 Å². The Morgan fingerprint density at radius 1 is 1.10 bits per heavy atom. The number of ether oxygens (including phenoxy) is 3. The van der Waals surface area contributed by atoms with Crippen LogP contribution in [-0.2, 0) is 16.1 Å². The first kappa shape index (κ1) is 21.0. The van der Waals surface area contributed by atoms with Crippen LogP contribution < -0.4 is 14.3 Å². The fourth-order valence-electron chi connectivity index (χ4n) is 2.72. The van der Waals surface area contributed by atoms with Crippen molar-refractivity contribution >= 4 is 39.1 Å². The summed E-state index contributed by atoms with van der Waals surface area (Å²) in [5.74, 6) is -0.325. The van der Waals surface area contributed by atoms with Crippen molar-refractivity contribution in [3.05, 3.63) is 56.9 Å². The minimum atomic E-state index is -0.582. The van der Waals surface area contributed by atoms with Crippen molar-refractivity contribution in [3.8, 4) is 11.5 Å². The van der Waals surface area contributed by atoms with E-state index in [0.717, 1.165) is 11.3 Å². The highest BCUT2D eigenvalue weighted by Crippen LogP contribution is 2.28. The van der Waals surface area contributed by atoms with Gasteiger partial charge in [-0.1, -0.05) is 11.3 Å². The standard InChI is InChI=1S/C19H17N3O7S/c1-27-14-6-4-11(8-15(14)28-2)18(24)20-19-21(10-17(23)29-3)13-9-12(22(25)26)5-7-16(13)30-19/h4-9H,10H2,1-3H3. The molecule has 10 nitrogen and oxygen atoms in total. The zero-order valence-electron chi connectivity index (χ0n) is 16.3. The molecule has 0 aliphatic heterocycles. The highest BCUT2D eigenvalue weighted by molar-refractivity contribution is 7.16. The summed E-state index contributed by atoms with van der Waals surface area (Å²) in [6, 6.07) is 8.84. The average Bonchev–Trinajstić information content (AvgIpc) is 3.08. The van der Waals surface area contributed by atoms with Gasteiger partial charge in [0.15, 0.2) is 16.3 Å². The number of thiazole rings is 1. The predicted molar refractivity (Wildman–Crippen MR) is 108 cm³/mol. The number of nitro benzene ring substituents is 1. The maximum atomic E-state index is 12.7. The summed E-state index contributed by atoms with van der Waals surface area (Å²) in [4.78, 5) is 39.5. The van der Waals surface area contributed by atoms with Crippen LogP contribution in [0.3, 0.4) is 0 Å². The molecule has 1 heterocycles. The summed E-state index contributed by atoms with van der Waals surface area (Å²) < 4.78 is 17.1. The first-order chi connectivity index (χ1) is 14.4. The molecule has 0 spiro atoms. The molecule has 0 fully saturated rings. The molecule has 0 saturated heterocycles. The molecule has 1 aromatic heterocycles. The number of methoxy groups -OCH3 is 3. The van der Waals surface area contributed by atoms with Crippen molar-refractivity contribution < 1.29 is 28.7 Å². The number of nitro groups is 1. The number of hydrogen-bond acceptors (Lipinski definition) is 8. The second kappa shape index (κ2) is 8.74. The molecule has 0 atom stereocenters. The van der Waals surface area contributed by atoms with E-state index in [0.29, 0.717) is 21.7 Å². The lowest BCUT2D eigenvalue weighted by Gasteiger charge is -2.07. The van der Waals surface area contributed by atoms with Gasteiger partial charge in [-0.05, 0) is 24.3 Å². The van der Waals surface area contributed by atoms with E-state index in [2.05, 4.69) is 4.99 Å². The van der Waals surface area contributed by atoms with Gasteiger partial charge in [-0.15, -0.1) is 0 Å². The van der Waals surface area contributed by atoms with E-state index in [-0.39, 0.29) is 22.6 Å². The highest BCUT2D eigenvalue weighted by Gasteiger charge is 2.16. The number of fused-ring (bicyclic) bond motifs is 1. The van der Waals surface area contributed by atoms with Crippen LogP contribution >= 0.6 is 11.3 Å². The molecular weight excluding hydrogens is 414 g/mol. The van der Waals surface area contributed by atoms with Gasteiger partial charge in [0.05, 0.1) is 36.5 Å². The van der Waals surface area contributed by atoms with Crippen LogP contribution in [0.5, 0.6) is 11.5 Å². The van der Waals surface area contributed by atoms with E-state index in [1.165, 1.54) is 50.2 Å². The summed E-state index contributed by atoms with van der Waals surface area (Å²) in [6.45, 7) is -0.254. The number of aromatic nitrogens is 1. The zero-order valence-corrected chi connectivity index (χ0v) is 17.1. The number of amides is 1. The van der Waals surface area contributed by atoms with Crippen LogP contribution in [0.1, 0.15) is 10.4 Å². The van der Waals surface area contributed by atoms with Gasteiger partial charge in [0.1, 0.15) is 6.54 Å². The van der Waals surface area contributed by atoms with Gasteiger partial charge in [0.25, 0.3) is 11.6 Å². The molecule has 3 aromatic rings. The number of non-ortho nitro benzene ring substituents is 1. The Balaban J connectivity index is 2.14. The van der Waals surface area contributed by atoms with Crippen LogP contribution in [0, 0.1) is 10.1 Å². The Kier molecular flexibility index (Phi) is 6.11. The van der Waals surface area contributed by atoms with Gasteiger partial charge in [0, 0.05) is 17.7 Å². The molecule has 11 heteroatoms. The Labute approximate surface area is 174 Å². The first-order valence-electron chi connectivity index (χ1n) is 8.53. The van der Waals surface area contributed by atoms with Crippen molar-refractivity contribution in [2.75, 3.05) is 21.3 Å². The van der Waals surface area contributed by atoms with E-state index < -0.39 is 16.8 Å². The molecule has 2 aromatic carbocycles. The Bertz CT molecular complexity index is 1210. The van der Waals surface area contributed by atoms with Gasteiger partial charge < -0.3 is 18.8 Å². The number of benzene rings is 2. The number of nitrogens with zero attached hydrogens (tertiary/aromatic N) is 3. The maximum absolute atomic E-state index is 12.7. The van der Waals surface area contributed by atoms with Crippen molar-refractivity contribution in [1.29, 1.82) is 0 Å². The number of carbonyl (C=O) groups is 2. The smallest absolute Gasteiger partial charge is 0.325 e. The lowest BCUT2D eigenvalue weighted by atomic mass is 10.2. The molecule has 0 N–H and O–H groups in total. The number of hydrogen-bond donors (Lipinski definition) is 0. The predicted octanol–water partition coefficient (Wildman–Crippen LogP) is 2.54. The van der Waals surface area contributed by atoms with Gasteiger partial charge in [0.2, 0.25) is 0 Å². The second-order valence-electron chi connectivity index (χ2n) is 5.94. The first-order valence-corrected chi connectivity index (χ1v) is 9.35. The molecule has 0 bridgehead atoms. The molecular formula is C19H17N3O7S. The van der Waals surface area contributed by atoms with Crippen LogP contribution in [0.25, 0.3) is 10.2 Å². The Hall–Kier alpha value is -3.73. The summed E-state index contributed by atoms with van der Waals surface area (Å²) in [5.41, 5.74) is 0.510. The quantitative estimate of drug-likeness (QED) is 0.334. The summed E-state index contributed by atoms with van der Waals surface area (Å²) in [7, 11) is 4.16. The van der Waals surface area contributed by atoms with E-state index in [1.807, 2.05) is 0 Å². The van der Waals surface area contributed by atoms with E-state index in [4.69, 9.17) is 14.2 Å². The van der Waals surface area contributed by atoms with Crippen molar-refractivity contribution in [2.45, 2.75) is 6.54 Å².